The Hall–Kier alpha value is -3.36. The molecular weight excluding hydrogens is 424 g/mol. The van der Waals surface area contributed by atoms with E-state index in [2.05, 4.69) is 9.80 Å². The zero-order chi connectivity index (χ0) is 22.9. The van der Waals surface area contributed by atoms with Crippen molar-refractivity contribution in [2.45, 2.75) is 6.92 Å². The zero-order valence-electron chi connectivity index (χ0n) is 18.4. The zero-order valence-corrected chi connectivity index (χ0v) is 18.4. The van der Waals surface area contributed by atoms with Gasteiger partial charge in [-0.25, -0.2) is 13.8 Å². The summed E-state index contributed by atoms with van der Waals surface area (Å²) in [4.78, 5) is 9.30. The molecule has 0 radical (unpaired) electrons. The number of aliphatic hydroxyl groups excluding tert-OH is 1. The standard InChI is InChI=1S/C25H25F2N5O/c1-17-23(19-8-5-9-20(26)24(19)27)25-28-21(18-6-3-2-4-7-18)16-22(32(25)29-17)31-12-10-30(11-13-31)14-15-33/h2-9,16,33H,10-15H2,1H3. The number of nitrogens with zero attached hydrogens (tertiary/aromatic N) is 5. The second-order valence-electron chi connectivity index (χ2n) is 8.22. The summed E-state index contributed by atoms with van der Waals surface area (Å²) < 4.78 is 30.6. The van der Waals surface area contributed by atoms with Crippen LogP contribution < -0.4 is 4.90 Å². The fourth-order valence-corrected chi connectivity index (χ4v) is 4.44. The minimum absolute atomic E-state index is 0.137. The molecule has 1 fully saturated rings. The van der Waals surface area contributed by atoms with Gasteiger partial charge in [-0.2, -0.15) is 9.61 Å². The van der Waals surface area contributed by atoms with Crippen molar-refractivity contribution >= 4 is 11.5 Å². The number of piperazine rings is 1. The number of β-amino-alcohol motifs (C(OH)–C–C–N with tert-alkyl or cyclic N) is 1. The molecule has 1 aliphatic heterocycles. The molecule has 1 saturated heterocycles. The number of aryl methyl sites for hydroxylation is 1. The Labute approximate surface area is 190 Å². The minimum Gasteiger partial charge on any atom is -0.395 e. The van der Waals surface area contributed by atoms with Crippen LogP contribution in [0.5, 0.6) is 0 Å². The Bertz CT molecular complexity index is 1280. The lowest BCUT2D eigenvalue weighted by molar-refractivity contribution is 0.188. The van der Waals surface area contributed by atoms with Crippen molar-refractivity contribution in [1.29, 1.82) is 0 Å². The highest BCUT2D eigenvalue weighted by Crippen LogP contribution is 2.34. The number of anilines is 1. The maximum Gasteiger partial charge on any atom is 0.166 e. The molecule has 0 saturated carbocycles. The monoisotopic (exact) mass is 449 g/mol. The lowest BCUT2D eigenvalue weighted by Gasteiger charge is -2.35. The molecule has 1 N–H and O–H groups in total. The Morgan fingerprint density at radius 3 is 2.45 bits per heavy atom. The van der Waals surface area contributed by atoms with E-state index in [9.17, 15) is 13.9 Å². The summed E-state index contributed by atoms with van der Waals surface area (Å²) >= 11 is 0. The molecule has 4 aromatic rings. The molecule has 170 valence electrons. The lowest BCUT2D eigenvalue weighted by Crippen LogP contribution is -2.47. The first-order chi connectivity index (χ1) is 16.1. The third-order valence-electron chi connectivity index (χ3n) is 6.15. The molecule has 6 nitrogen and oxygen atoms in total. The van der Waals surface area contributed by atoms with Crippen molar-refractivity contribution < 1.29 is 13.9 Å². The van der Waals surface area contributed by atoms with Gasteiger partial charge in [0.15, 0.2) is 17.3 Å². The van der Waals surface area contributed by atoms with E-state index in [-0.39, 0.29) is 12.2 Å². The van der Waals surface area contributed by atoms with Crippen molar-refractivity contribution in [3.8, 4) is 22.4 Å². The quantitative estimate of drug-likeness (QED) is 0.503. The number of rotatable bonds is 5. The Balaban J connectivity index is 1.69. The van der Waals surface area contributed by atoms with E-state index in [1.54, 1.807) is 17.5 Å². The third kappa shape index (κ3) is 3.96. The van der Waals surface area contributed by atoms with Gasteiger partial charge in [0.2, 0.25) is 0 Å². The van der Waals surface area contributed by atoms with Crippen LogP contribution in [0.3, 0.4) is 0 Å². The topological polar surface area (TPSA) is 56.9 Å². The summed E-state index contributed by atoms with van der Waals surface area (Å²) in [6.07, 6.45) is 0. The molecule has 0 aliphatic carbocycles. The van der Waals surface area contributed by atoms with Crippen LogP contribution in [0.4, 0.5) is 14.6 Å². The normalized spacial score (nSPS) is 14.8. The molecule has 0 unspecified atom stereocenters. The molecule has 2 aromatic carbocycles. The maximum absolute atomic E-state index is 14.8. The maximum atomic E-state index is 14.8. The van der Waals surface area contributed by atoms with E-state index >= 15 is 0 Å². The molecule has 0 bridgehead atoms. The molecule has 5 rings (SSSR count). The molecule has 0 amide bonds. The summed E-state index contributed by atoms with van der Waals surface area (Å²) in [5.74, 6) is -0.944. The molecule has 33 heavy (non-hydrogen) atoms. The summed E-state index contributed by atoms with van der Waals surface area (Å²) in [5.41, 5.74) is 3.39. The Morgan fingerprint density at radius 1 is 0.970 bits per heavy atom. The van der Waals surface area contributed by atoms with Crippen molar-refractivity contribution in [2.24, 2.45) is 0 Å². The number of fused-ring (bicyclic) bond motifs is 1. The largest absolute Gasteiger partial charge is 0.395 e. The number of halogens is 2. The van der Waals surface area contributed by atoms with E-state index in [1.165, 1.54) is 6.07 Å². The van der Waals surface area contributed by atoms with E-state index < -0.39 is 11.6 Å². The predicted molar refractivity (Wildman–Crippen MR) is 124 cm³/mol. The van der Waals surface area contributed by atoms with Gasteiger partial charge in [0, 0.05) is 49.9 Å². The first-order valence-corrected chi connectivity index (χ1v) is 11.0. The molecule has 2 aromatic heterocycles. The minimum atomic E-state index is -0.901. The molecule has 1 aliphatic rings. The highest BCUT2D eigenvalue weighted by molar-refractivity contribution is 5.83. The van der Waals surface area contributed by atoms with Crippen LogP contribution in [0.25, 0.3) is 28.0 Å². The van der Waals surface area contributed by atoms with Crippen LogP contribution in [-0.4, -0.2) is 63.9 Å². The molecule has 0 spiro atoms. The van der Waals surface area contributed by atoms with Gasteiger partial charge in [0.1, 0.15) is 5.82 Å². The van der Waals surface area contributed by atoms with Crippen LogP contribution in [0.15, 0.2) is 54.6 Å². The summed E-state index contributed by atoms with van der Waals surface area (Å²) in [5, 5.41) is 13.9. The molecular formula is C25H25F2N5O. The Kier molecular flexibility index (Phi) is 5.78. The lowest BCUT2D eigenvalue weighted by atomic mass is 10.0. The predicted octanol–water partition coefficient (Wildman–Crippen LogP) is 3.76. The summed E-state index contributed by atoms with van der Waals surface area (Å²) in [7, 11) is 0. The third-order valence-corrected chi connectivity index (χ3v) is 6.15. The second-order valence-corrected chi connectivity index (χ2v) is 8.22. The smallest absolute Gasteiger partial charge is 0.166 e. The van der Waals surface area contributed by atoms with Gasteiger partial charge < -0.3 is 10.0 Å². The average Bonchev–Trinajstić information content (AvgIpc) is 3.17. The van der Waals surface area contributed by atoms with Gasteiger partial charge in [-0.3, -0.25) is 4.90 Å². The number of hydrogen-bond donors (Lipinski definition) is 1. The highest BCUT2D eigenvalue weighted by Gasteiger charge is 2.25. The first-order valence-electron chi connectivity index (χ1n) is 11.0. The van der Waals surface area contributed by atoms with Crippen LogP contribution in [-0.2, 0) is 0 Å². The van der Waals surface area contributed by atoms with Crippen LogP contribution in [0, 0.1) is 18.6 Å². The number of hydrogen-bond acceptors (Lipinski definition) is 5. The van der Waals surface area contributed by atoms with Crippen LogP contribution in [0.2, 0.25) is 0 Å². The number of benzene rings is 2. The van der Waals surface area contributed by atoms with E-state index in [0.29, 0.717) is 23.4 Å². The van der Waals surface area contributed by atoms with Crippen LogP contribution in [0.1, 0.15) is 5.69 Å². The van der Waals surface area contributed by atoms with Gasteiger partial charge in [-0.1, -0.05) is 42.5 Å². The van der Waals surface area contributed by atoms with E-state index in [0.717, 1.165) is 49.3 Å². The van der Waals surface area contributed by atoms with Crippen molar-refractivity contribution in [3.05, 3.63) is 71.9 Å². The summed E-state index contributed by atoms with van der Waals surface area (Å²) in [6.45, 7) is 5.73. The molecule has 3 heterocycles. The molecule has 0 atom stereocenters. The second kappa shape index (κ2) is 8.88. The van der Waals surface area contributed by atoms with Gasteiger partial charge >= 0.3 is 0 Å². The number of aliphatic hydroxyl groups is 1. The SMILES string of the molecule is Cc1nn2c(N3CCN(CCO)CC3)cc(-c3ccccc3)nc2c1-c1cccc(F)c1F. The van der Waals surface area contributed by atoms with Gasteiger partial charge in [0.25, 0.3) is 0 Å². The molecule has 8 heteroatoms. The van der Waals surface area contributed by atoms with Gasteiger partial charge in [-0.15, -0.1) is 0 Å². The van der Waals surface area contributed by atoms with Crippen molar-refractivity contribution in [3.63, 3.8) is 0 Å². The van der Waals surface area contributed by atoms with E-state index in [4.69, 9.17) is 10.1 Å². The Morgan fingerprint density at radius 2 is 1.73 bits per heavy atom. The number of aromatic nitrogens is 3. The fourth-order valence-electron chi connectivity index (χ4n) is 4.44. The van der Waals surface area contributed by atoms with Crippen molar-refractivity contribution in [2.75, 3.05) is 44.2 Å². The fraction of sp³-hybridized carbons (Fsp3) is 0.280. The highest BCUT2D eigenvalue weighted by atomic mass is 19.2. The van der Waals surface area contributed by atoms with E-state index in [1.807, 2.05) is 36.4 Å². The van der Waals surface area contributed by atoms with Gasteiger partial charge in [0.05, 0.1) is 23.6 Å². The average molecular weight is 450 g/mol. The van der Waals surface area contributed by atoms with Crippen molar-refractivity contribution in [1.82, 2.24) is 19.5 Å². The summed E-state index contributed by atoms with van der Waals surface area (Å²) in [6, 6.07) is 16.0. The van der Waals surface area contributed by atoms with Crippen LogP contribution >= 0.6 is 0 Å². The first kappa shape index (κ1) is 21.5. The van der Waals surface area contributed by atoms with Gasteiger partial charge in [-0.05, 0) is 13.0 Å².